The zero-order valence-electron chi connectivity index (χ0n) is 21.6. The molecular formula is C27H34N4O5. The Kier molecular flexibility index (Phi) is 7.61. The zero-order chi connectivity index (χ0) is 25.9. The van der Waals surface area contributed by atoms with Gasteiger partial charge in [0, 0.05) is 24.8 Å². The largest absolute Gasteiger partial charge is 0.493 e. The average Bonchev–Trinajstić information content (AvgIpc) is 2.86. The van der Waals surface area contributed by atoms with E-state index in [1.807, 2.05) is 24.3 Å². The summed E-state index contributed by atoms with van der Waals surface area (Å²) in [5.41, 5.74) is 2.06. The number of amides is 1. The molecule has 1 aromatic heterocycles. The van der Waals surface area contributed by atoms with Gasteiger partial charge in [0.2, 0.25) is 5.91 Å². The van der Waals surface area contributed by atoms with Gasteiger partial charge < -0.3 is 19.5 Å². The summed E-state index contributed by atoms with van der Waals surface area (Å²) in [7, 11) is 3.05. The van der Waals surface area contributed by atoms with Crippen molar-refractivity contribution in [2.24, 2.45) is 0 Å². The molecule has 192 valence electrons. The maximum absolute atomic E-state index is 13.6. The minimum Gasteiger partial charge on any atom is -0.493 e. The van der Waals surface area contributed by atoms with Crippen molar-refractivity contribution >= 4 is 22.5 Å². The highest BCUT2D eigenvalue weighted by Gasteiger charge is 2.20. The first-order valence-corrected chi connectivity index (χ1v) is 12.1. The molecule has 1 N–H and O–H groups in total. The van der Waals surface area contributed by atoms with Crippen LogP contribution in [0, 0.1) is 0 Å². The molecule has 9 nitrogen and oxygen atoms in total. The summed E-state index contributed by atoms with van der Waals surface area (Å²) in [6.07, 6.45) is 0. The molecule has 36 heavy (non-hydrogen) atoms. The summed E-state index contributed by atoms with van der Waals surface area (Å²) in [6, 6.07) is 11.1. The fourth-order valence-corrected chi connectivity index (χ4v) is 4.23. The number of carbonyl (C=O) groups is 1. The summed E-state index contributed by atoms with van der Waals surface area (Å²) in [5, 5.41) is 3.27. The van der Waals surface area contributed by atoms with Crippen molar-refractivity contribution in [3.8, 4) is 11.5 Å². The fourth-order valence-electron chi connectivity index (χ4n) is 4.23. The Morgan fingerprint density at radius 2 is 1.69 bits per heavy atom. The molecule has 9 heteroatoms. The Balaban J connectivity index is 1.67. The molecule has 1 saturated heterocycles. The van der Waals surface area contributed by atoms with Crippen molar-refractivity contribution in [3.05, 3.63) is 58.1 Å². The first-order valence-electron chi connectivity index (χ1n) is 12.1. The van der Waals surface area contributed by atoms with Crippen LogP contribution in [0.5, 0.6) is 11.5 Å². The van der Waals surface area contributed by atoms with Crippen LogP contribution in [0.25, 0.3) is 10.9 Å². The van der Waals surface area contributed by atoms with E-state index in [0.29, 0.717) is 53.7 Å². The monoisotopic (exact) mass is 494 g/mol. The van der Waals surface area contributed by atoms with Gasteiger partial charge in [-0.05, 0) is 29.2 Å². The molecule has 0 saturated carbocycles. The summed E-state index contributed by atoms with van der Waals surface area (Å²) in [4.78, 5) is 33.6. The summed E-state index contributed by atoms with van der Waals surface area (Å²) in [5.74, 6) is 1.13. The normalized spacial score (nSPS) is 14.6. The van der Waals surface area contributed by atoms with E-state index in [0.717, 1.165) is 13.1 Å². The minimum absolute atomic E-state index is 0.0186. The van der Waals surface area contributed by atoms with Gasteiger partial charge in [0.1, 0.15) is 12.4 Å². The van der Waals surface area contributed by atoms with Crippen LogP contribution in [0.1, 0.15) is 32.2 Å². The van der Waals surface area contributed by atoms with Crippen molar-refractivity contribution in [3.63, 3.8) is 0 Å². The fraction of sp³-hybridized carbons (Fsp3) is 0.444. The van der Waals surface area contributed by atoms with Gasteiger partial charge >= 0.3 is 0 Å². The molecule has 1 aliphatic rings. The third-order valence-corrected chi connectivity index (χ3v) is 6.34. The van der Waals surface area contributed by atoms with Crippen LogP contribution < -0.4 is 20.3 Å². The second-order valence-corrected chi connectivity index (χ2v) is 9.91. The average molecular weight is 495 g/mol. The van der Waals surface area contributed by atoms with Gasteiger partial charge in [0.25, 0.3) is 5.56 Å². The van der Waals surface area contributed by atoms with Crippen LogP contribution in [0.4, 0.5) is 5.69 Å². The van der Waals surface area contributed by atoms with Crippen LogP contribution in [0.3, 0.4) is 0 Å². The smallest absolute Gasteiger partial charge is 0.262 e. The topological polar surface area (TPSA) is 94.9 Å². The van der Waals surface area contributed by atoms with Crippen LogP contribution in [-0.2, 0) is 28.0 Å². The second-order valence-electron chi connectivity index (χ2n) is 9.91. The maximum atomic E-state index is 13.6. The summed E-state index contributed by atoms with van der Waals surface area (Å²) >= 11 is 0. The summed E-state index contributed by atoms with van der Waals surface area (Å²) in [6.45, 7) is 9.38. The first kappa shape index (κ1) is 25.7. The molecule has 0 unspecified atom stereocenters. The van der Waals surface area contributed by atoms with E-state index in [1.165, 1.54) is 24.4 Å². The quantitative estimate of drug-likeness (QED) is 0.539. The molecule has 2 aromatic carbocycles. The molecule has 1 amide bonds. The Morgan fingerprint density at radius 1 is 1.06 bits per heavy atom. The van der Waals surface area contributed by atoms with E-state index in [4.69, 9.17) is 19.2 Å². The molecule has 1 fully saturated rings. The highest BCUT2D eigenvalue weighted by Crippen LogP contribution is 2.30. The van der Waals surface area contributed by atoms with E-state index in [2.05, 4.69) is 31.0 Å². The lowest BCUT2D eigenvalue weighted by Gasteiger charge is -2.27. The highest BCUT2D eigenvalue weighted by atomic mass is 16.5. The lowest BCUT2D eigenvalue weighted by molar-refractivity contribution is -0.116. The lowest BCUT2D eigenvalue weighted by Crippen LogP contribution is -2.39. The minimum atomic E-state index is -0.303. The van der Waals surface area contributed by atoms with E-state index >= 15 is 0 Å². The number of fused-ring (bicyclic) bond motifs is 1. The second kappa shape index (κ2) is 10.7. The number of methoxy groups -OCH3 is 2. The molecule has 0 bridgehead atoms. The maximum Gasteiger partial charge on any atom is 0.262 e. The molecule has 0 spiro atoms. The number of benzene rings is 2. The standard InChI is InChI=1S/C27H34N4O5/c1-27(2,3)18-6-8-19(9-7-18)28-25(32)17-31-24(16-30-10-12-36-13-11-30)29-21-15-23(35-5)22(34-4)14-20(21)26(31)33/h6-9,14-15H,10-13,16-17H2,1-5H3,(H,28,32). The van der Waals surface area contributed by atoms with Crippen molar-refractivity contribution in [2.45, 2.75) is 39.3 Å². The number of aromatic nitrogens is 2. The Hall–Kier alpha value is -3.43. The molecule has 0 radical (unpaired) electrons. The first-order chi connectivity index (χ1) is 17.2. The van der Waals surface area contributed by atoms with E-state index in [1.54, 1.807) is 12.1 Å². The predicted molar refractivity (Wildman–Crippen MR) is 139 cm³/mol. The Morgan fingerprint density at radius 3 is 2.31 bits per heavy atom. The SMILES string of the molecule is COc1cc2nc(CN3CCOCC3)n(CC(=O)Nc3ccc(C(C)(C)C)cc3)c(=O)c2cc1OC. The van der Waals surface area contributed by atoms with Gasteiger partial charge in [0.05, 0.1) is 44.9 Å². The Labute approximate surface area is 211 Å². The van der Waals surface area contributed by atoms with Gasteiger partial charge in [-0.1, -0.05) is 32.9 Å². The number of carbonyl (C=O) groups excluding carboxylic acids is 1. The number of hydrogen-bond acceptors (Lipinski definition) is 7. The number of morpholine rings is 1. The van der Waals surface area contributed by atoms with Crippen molar-refractivity contribution in [2.75, 3.05) is 45.8 Å². The molecular weight excluding hydrogens is 460 g/mol. The molecule has 1 aliphatic heterocycles. The van der Waals surface area contributed by atoms with Gasteiger partial charge in [0.15, 0.2) is 11.5 Å². The number of rotatable bonds is 7. The number of ether oxygens (including phenoxy) is 3. The number of anilines is 1. The lowest BCUT2D eigenvalue weighted by atomic mass is 9.87. The van der Waals surface area contributed by atoms with Crippen LogP contribution in [0.2, 0.25) is 0 Å². The van der Waals surface area contributed by atoms with Gasteiger partial charge in [-0.25, -0.2) is 4.98 Å². The van der Waals surface area contributed by atoms with E-state index in [9.17, 15) is 9.59 Å². The van der Waals surface area contributed by atoms with Crippen LogP contribution in [0.15, 0.2) is 41.2 Å². The van der Waals surface area contributed by atoms with Gasteiger partial charge in [-0.3, -0.25) is 19.1 Å². The van der Waals surface area contributed by atoms with Crippen molar-refractivity contribution in [1.29, 1.82) is 0 Å². The number of nitrogens with one attached hydrogen (secondary N) is 1. The van der Waals surface area contributed by atoms with E-state index in [-0.39, 0.29) is 23.4 Å². The number of nitrogens with zero attached hydrogens (tertiary/aromatic N) is 3. The molecule has 0 atom stereocenters. The van der Waals surface area contributed by atoms with E-state index < -0.39 is 0 Å². The van der Waals surface area contributed by atoms with Crippen LogP contribution >= 0.6 is 0 Å². The molecule has 2 heterocycles. The predicted octanol–water partition coefficient (Wildman–Crippen LogP) is 3.18. The van der Waals surface area contributed by atoms with Crippen molar-refractivity contribution < 1.29 is 19.0 Å². The Bertz CT molecular complexity index is 1290. The number of hydrogen-bond donors (Lipinski definition) is 1. The van der Waals surface area contributed by atoms with Gasteiger partial charge in [-0.2, -0.15) is 0 Å². The third kappa shape index (κ3) is 5.68. The molecule has 4 rings (SSSR count). The van der Waals surface area contributed by atoms with Crippen LogP contribution in [-0.4, -0.2) is 60.9 Å². The van der Waals surface area contributed by atoms with Gasteiger partial charge in [-0.15, -0.1) is 0 Å². The molecule has 3 aromatic rings. The molecule has 0 aliphatic carbocycles. The summed E-state index contributed by atoms with van der Waals surface area (Å²) < 4.78 is 17.7. The highest BCUT2D eigenvalue weighted by molar-refractivity contribution is 5.91. The van der Waals surface area contributed by atoms with Crippen molar-refractivity contribution in [1.82, 2.24) is 14.5 Å². The third-order valence-electron chi connectivity index (χ3n) is 6.34. The zero-order valence-corrected chi connectivity index (χ0v) is 21.6.